The fraction of sp³-hybridized carbons (Fsp3) is 0.0476. The number of nitrogens with zero attached hydrogens (tertiary/aromatic N) is 1. The van der Waals surface area contributed by atoms with Crippen molar-refractivity contribution in [3.8, 4) is 0 Å². The maximum atomic E-state index is 12.6. The monoisotopic (exact) mass is 389 g/mol. The highest BCUT2D eigenvalue weighted by molar-refractivity contribution is 6.22. The number of benzene rings is 2. The minimum absolute atomic E-state index is 0.00308. The zero-order chi connectivity index (χ0) is 20.5. The van der Waals surface area contributed by atoms with E-state index >= 15 is 0 Å². The van der Waals surface area contributed by atoms with Gasteiger partial charge in [0.05, 0.1) is 29.9 Å². The van der Waals surface area contributed by atoms with Crippen LogP contribution in [0, 0.1) is 0 Å². The van der Waals surface area contributed by atoms with Crippen molar-refractivity contribution in [1.29, 1.82) is 0 Å². The number of nitrogens with one attached hydrogen (secondary N) is 1. The van der Waals surface area contributed by atoms with Crippen molar-refractivity contribution in [1.82, 2.24) is 4.90 Å². The van der Waals surface area contributed by atoms with Gasteiger partial charge in [-0.15, -0.1) is 0 Å². The number of aromatic carboxylic acids is 1. The number of furan rings is 1. The molecule has 3 aromatic rings. The Morgan fingerprint density at radius 3 is 2.45 bits per heavy atom. The van der Waals surface area contributed by atoms with Crippen molar-refractivity contribution in [2.45, 2.75) is 6.54 Å². The summed E-state index contributed by atoms with van der Waals surface area (Å²) in [4.78, 5) is 49.7. The predicted molar refractivity (Wildman–Crippen MR) is 98.1 cm³/mol. The van der Waals surface area contributed by atoms with Crippen LogP contribution in [0.25, 0.3) is 0 Å². The molecule has 4 rings (SSSR count). The van der Waals surface area contributed by atoms with Gasteiger partial charge in [-0.25, -0.2) is 0 Å². The van der Waals surface area contributed by atoms with Gasteiger partial charge in [-0.05, 0) is 48.0 Å². The van der Waals surface area contributed by atoms with E-state index in [1.807, 2.05) is 0 Å². The first-order valence-electron chi connectivity index (χ1n) is 8.59. The molecule has 1 aliphatic rings. The van der Waals surface area contributed by atoms with Crippen LogP contribution in [0.15, 0.2) is 65.3 Å². The van der Waals surface area contributed by atoms with Gasteiger partial charge in [-0.3, -0.25) is 19.3 Å². The van der Waals surface area contributed by atoms with Crippen LogP contribution in [0.3, 0.4) is 0 Å². The molecular formula is C21H13N2O6-. The van der Waals surface area contributed by atoms with E-state index < -0.39 is 23.7 Å². The van der Waals surface area contributed by atoms with Crippen molar-refractivity contribution >= 4 is 29.4 Å². The standard InChI is InChI=1S/C21H14N2O6/c24-18(22-14-4-1-3-13(9-14)21(27)28)12-6-7-16-17(10-12)20(26)23(19(16)25)11-15-5-2-8-29-15/h1-10H,11H2,(H,22,24)(H,27,28)/p-1. The average Bonchev–Trinajstić information content (AvgIpc) is 3.31. The number of rotatable bonds is 5. The van der Waals surface area contributed by atoms with Gasteiger partial charge in [0.25, 0.3) is 17.7 Å². The fourth-order valence-electron chi connectivity index (χ4n) is 3.06. The molecule has 0 spiro atoms. The molecule has 2 aromatic carbocycles. The minimum atomic E-state index is -1.36. The number of carboxylic acids is 1. The lowest BCUT2D eigenvalue weighted by atomic mass is 10.1. The topological polar surface area (TPSA) is 120 Å². The van der Waals surface area contributed by atoms with E-state index in [9.17, 15) is 24.3 Å². The Morgan fingerprint density at radius 2 is 1.72 bits per heavy atom. The minimum Gasteiger partial charge on any atom is -0.545 e. The van der Waals surface area contributed by atoms with Gasteiger partial charge in [0, 0.05) is 11.3 Å². The molecule has 0 saturated carbocycles. The molecular weight excluding hydrogens is 376 g/mol. The van der Waals surface area contributed by atoms with Crippen LogP contribution in [-0.4, -0.2) is 28.6 Å². The quantitative estimate of drug-likeness (QED) is 0.663. The number of carbonyl (C=O) groups is 4. The lowest BCUT2D eigenvalue weighted by molar-refractivity contribution is -0.255. The smallest absolute Gasteiger partial charge is 0.261 e. The van der Waals surface area contributed by atoms with Crippen LogP contribution >= 0.6 is 0 Å². The van der Waals surface area contributed by atoms with E-state index in [0.717, 1.165) is 4.90 Å². The average molecular weight is 389 g/mol. The Balaban J connectivity index is 1.56. The van der Waals surface area contributed by atoms with Crippen LogP contribution in [-0.2, 0) is 6.54 Å². The van der Waals surface area contributed by atoms with Gasteiger partial charge in [-0.2, -0.15) is 0 Å². The first-order valence-corrected chi connectivity index (χ1v) is 8.59. The summed E-state index contributed by atoms with van der Waals surface area (Å²) in [5.41, 5.74) is 0.670. The summed E-state index contributed by atoms with van der Waals surface area (Å²) < 4.78 is 5.19. The highest BCUT2D eigenvalue weighted by Crippen LogP contribution is 2.26. The summed E-state index contributed by atoms with van der Waals surface area (Å²) in [6.45, 7) is -0.00308. The number of fused-ring (bicyclic) bond motifs is 1. The van der Waals surface area contributed by atoms with Gasteiger partial charge in [-0.1, -0.05) is 12.1 Å². The third-order valence-corrected chi connectivity index (χ3v) is 4.48. The second-order valence-electron chi connectivity index (χ2n) is 6.36. The number of amides is 3. The third-order valence-electron chi connectivity index (χ3n) is 4.48. The molecule has 8 nitrogen and oxygen atoms in total. The Labute approximate surface area is 164 Å². The summed E-state index contributed by atoms with van der Waals surface area (Å²) in [5.74, 6) is -2.43. The van der Waals surface area contributed by atoms with Crippen molar-refractivity contribution in [2.24, 2.45) is 0 Å². The molecule has 0 saturated heterocycles. The molecule has 8 heteroatoms. The van der Waals surface area contributed by atoms with Crippen LogP contribution in [0.5, 0.6) is 0 Å². The Kier molecular flexibility index (Phi) is 4.44. The van der Waals surface area contributed by atoms with Crippen molar-refractivity contribution in [3.63, 3.8) is 0 Å². The number of hydrogen-bond acceptors (Lipinski definition) is 6. The van der Waals surface area contributed by atoms with E-state index in [4.69, 9.17) is 4.42 Å². The highest BCUT2D eigenvalue weighted by Gasteiger charge is 2.36. The van der Waals surface area contributed by atoms with E-state index in [1.165, 1.54) is 48.7 Å². The first-order chi connectivity index (χ1) is 13.9. The zero-order valence-corrected chi connectivity index (χ0v) is 14.9. The molecule has 1 N–H and O–H groups in total. The number of carbonyl (C=O) groups excluding carboxylic acids is 4. The molecule has 144 valence electrons. The van der Waals surface area contributed by atoms with E-state index in [0.29, 0.717) is 5.76 Å². The molecule has 3 amide bonds. The number of carboxylic acid groups (broad SMARTS) is 1. The van der Waals surface area contributed by atoms with E-state index in [1.54, 1.807) is 12.1 Å². The zero-order valence-electron chi connectivity index (χ0n) is 14.9. The summed E-state index contributed by atoms with van der Waals surface area (Å²) in [5, 5.41) is 13.5. The largest absolute Gasteiger partial charge is 0.545 e. The summed E-state index contributed by atoms with van der Waals surface area (Å²) in [6, 6.07) is 13.1. The summed E-state index contributed by atoms with van der Waals surface area (Å²) in [7, 11) is 0. The third kappa shape index (κ3) is 3.39. The van der Waals surface area contributed by atoms with Crippen LogP contribution in [0.1, 0.15) is 47.2 Å². The molecule has 0 atom stereocenters. The number of anilines is 1. The molecule has 0 bridgehead atoms. The van der Waals surface area contributed by atoms with Crippen LogP contribution < -0.4 is 10.4 Å². The van der Waals surface area contributed by atoms with Gasteiger partial charge in [0.15, 0.2) is 0 Å². The van der Waals surface area contributed by atoms with Crippen LogP contribution in [0.2, 0.25) is 0 Å². The molecule has 29 heavy (non-hydrogen) atoms. The van der Waals surface area contributed by atoms with Gasteiger partial charge >= 0.3 is 0 Å². The first kappa shape index (κ1) is 18.2. The molecule has 0 unspecified atom stereocenters. The lowest BCUT2D eigenvalue weighted by Gasteiger charge is -2.11. The van der Waals surface area contributed by atoms with Crippen molar-refractivity contribution in [2.75, 3.05) is 5.32 Å². The maximum Gasteiger partial charge on any atom is 0.261 e. The fourth-order valence-corrected chi connectivity index (χ4v) is 3.06. The SMILES string of the molecule is O=C([O-])c1cccc(NC(=O)c2ccc3c(c2)C(=O)N(Cc2ccco2)C3=O)c1. The molecule has 1 aromatic heterocycles. The van der Waals surface area contributed by atoms with Crippen LogP contribution in [0.4, 0.5) is 5.69 Å². The summed E-state index contributed by atoms with van der Waals surface area (Å²) >= 11 is 0. The molecule has 0 radical (unpaired) electrons. The highest BCUT2D eigenvalue weighted by atomic mass is 16.4. The van der Waals surface area contributed by atoms with Crippen molar-refractivity contribution in [3.05, 3.63) is 88.9 Å². The second-order valence-corrected chi connectivity index (χ2v) is 6.36. The molecule has 0 fully saturated rings. The van der Waals surface area contributed by atoms with Gasteiger partial charge < -0.3 is 19.6 Å². The predicted octanol–water partition coefficient (Wildman–Crippen LogP) is 1.69. The summed E-state index contributed by atoms with van der Waals surface area (Å²) in [6.07, 6.45) is 1.45. The van der Waals surface area contributed by atoms with Gasteiger partial charge in [0.1, 0.15) is 5.76 Å². The Bertz CT molecular complexity index is 1150. The maximum absolute atomic E-state index is 12.6. The molecule has 1 aliphatic heterocycles. The van der Waals surface area contributed by atoms with Gasteiger partial charge in [0.2, 0.25) is 0 Å². The normalized spacial score (nSPS) is 12.8. The second kappa shape index (κ2) is 7.08. The molecule has 2 heterocycles. The van der Waals surface area contributed by atoms with Crippen molar-refractivity contribution < 1.29 is 28.7 Å². The molecule has 0 aliphatic carbocycles. The lowest BCUT2D eigenvalue weighted by Crippen LogP contribution is -2.28. The Morgan fingerprint density at radius 1 is 0.931 bits per heavy atom. The Hall–Kier alpha value is -4.20. The number of hydrogen-bond donors (Lipinski definition) is 1. The van der Waals surface area contributed by atoms with E-state index in [2.05, 4.69) is 5.32 Å². The van der Waals surface area contributed by atoms with E-state index in [-0.39, 0.29) is 34.5 Å². The number of imide groups is 1.